The van der Waals surface area contributed by atoms with Gasteiger partial charge in [-0.15, -0.1) is 4.99 Å². The Kier molecular flexibility index (Phi) is 13.4. The minimum absolute atomic E-state index is 0.00573. The highest BCUT2D eigenvalue weighted by atomic mass is 19.4. The number of rotatable bonds is 11. The fourth-order valence-corrected chi connectivity index (χ4v) is 4.90. The first-order valence-corrected chi connectivity index (χ1v) is 16.4. The number of nitrogens with zero attached hydrogens (tertiary/aromatic N) is 4. The molecule has 11 nitrogen and oxygen atoms in total. The Morgan fingerprint density at radius 1 is 1.04 bits per heavy atom. The zero-order valence-electron chi connectivity index (χ0n) is 28.9. The summed E-state index contributed by atoms with van der Waals surface area (Å²) in [5.41, 5.74) is -2.56. The van der Waals surface area contributed by atoms with Crippen LogP contribution in [0, 0.1) is 0 Å². The first kappa shape index (κ1) is 38.3. The molecule has 1 N–H and O–H groups in total. The molecule has 0 aliphatic carbocycles. The highest BCUT2D eigenvalue weighted by molar-refractivity contribution is 5.99. The minimum Gasteiger partial charge on any atom is -0.489 e. The Balaban J connectivity index is 1.80. The van der Waals surface area contributed by atoms with Gasteiger partial charge in [0.25, 0.3) is 0 Å². The van der Waals surface area contributed by atoms with E-state index in [1.807, 2.05) is 6.08 Å². The Morgan fingerprint density at radius 3 is 2.42 bits per heavy atom. The van der Waals surface area contributed by atoms with Crippen LogP contribution in [0.4, 0.5) is 22.8 Å². The zero-order chi connectivity index (χ0) is 35.5. The van der Waals surface area contributed by atoms with Gasteiger partial charge in [0.2, 0.25) is 17.7 Å². The van der Waals surface area contributed by atoms with Crippen LogP contribution in [-0.4, -0.2) is 57.5 Å². The van der Waals surface area contributed by atoms with E-state index in [9.17, 15) is 22.8 Å². The molecule has 2 aromatic rings. The number of unbranched alkanes of at least 4 members (excludes halogenated alkanes) is 5. The average molecular weight is 680 g/mol. The fourth-order valence-electron chi connectivity index (χ4n) is 4.90. The molecule has 1 aromatic carbocycles. The molecular formula is C34H48F3N5O6. The quantitative estimate of drug-likeness (QED) is 0.107. The maximum atomic E-state index is 14.1. The maximum Gasteiger partial charge on any atom is 0.437 e. The zero-order valence-corrected chi connectivity index (χ0v) is 28.9. The second kappa shape index (κ2) is 16.8. The van der Waals surface area contributed by atoms with Gasteiger partial charge in [-0.3, -0.25) is 5.32 Å². The Hall–Kier alpha value is -4.10. The van der Waals surface area contributed by atoms with Crippen molar-refractivity contribution in [3.05, 3.63) is 41.8 Å². The van der Waals surface area contributed by atoms with Crippen LogP contribution < -0.4 is 10.1 Å². The van der Waals surface area contributed by atoms with Crippen LogP contribution in [0.1, 0.15) is 117 Å². The van der Waals surface area contributed by atoms with Crippen LogP contribution in [0.3, 0.4) is 0 Å². The second-order valence-corrected chi connectivity index (χ2v) is 13.5. The lowest BCUT2D eigenvalue weighted by atomic mass is 10.1. The molecule has 0 saturated carbocycles. The molecule has 0 spiro atoms. The third-order valence-electron chi connectivity index (χ3n) is 6.97. The number of carbonyl (C=O) groups is 2. The van der Waals surface area contributed by atoms with Crippen molar-refractivity contribution in [2.24, 2.45) is 4.99 Å². The van der Waals surface area contributed by atoms with E-state index < -0.39 is 41.2 Å². The number of nitrogens with one attached hydrogen (secondary N) is 1. The monoisotopic (exact) mass is 679 g/mol. The van der Waals surface area contributed by atoms with Gasteiger partial charge in [0.05, 0.1) is 5.56 Å². The molecule has 1 aromatic heterocycles. The summed E-state index contributed by atoms with van der Waals surface area (Å²) in [5.74, 6) is -0.449. The molecule has 14 heteroatoms. The van der Waals surface area contributed by atoms with Gasteiger partial charge in [-0.2, -0.15) is 18.2 Å². The number of hydrogen-bond acceptors (Lipinski definition) is 8. The highest BCUT2D eigenvalue weighted by Gasteiger charge is 2.37. The highest BCUT2D eigenvalue weighted by Crippen LogP contribution is 2.39. The lowest BCUT2D eigenvalue weighted by molar-refractivity contribution is -0.138. The van der Waals surface area contributed by atoms with E-state index >= 15 is 0 Å². The SMILES string of the molecule is CCCCCCC/C=C/COc1ccc(-c2noc(C3CCCN3C(=NC(=O)OC(C)(C)C)NC(=O)OC(C)(C)C)n2)cc1C(F)(F)F. The standard InChI is InChI=1S/C34H48F3N5O6/c1-8-9-10-11-12-13-14-15-21-45-26-19-18-23(22-24(26)34(35,36)37)27-38-28(48-41-27)25-17-16-20-42(25)29(39-30(43)46-32(2,3)4)40-31(44)47-33(5,6)7/h14-15,18-19,22,25H,8-13,16-17,20-21H2,1-7H3,(H,39,40,43,44)/b15-14+. The summed E-state index contributed by atoms with van der Waals surface area (Å²) >= 11 is 0. The third-order valence-corrected chi connectivity index (χ3v) is 6.97. The van der Waals surface area contributed by atoms with Gasteiger partial charge in [-0.25, -0.2) is 9.59 Å². The van der Waals surface area contributed by atoms with Crippen LogP contribution in [0.25, 0.3) is 11.4 Å². The van der Waals surface area contributed by atoms with Gasteiger partial charge in [-0.1, -0.05) is 49.9 Å². The van der Waals surface area contributed by atoms with Gasteiger partial charge in [0.15, 0.2) is 0 Å². The summed E-state index contributed by atoms with van der Waals surface area (Å²) in [4.78, 5) is 35.3. The summed E-state index contributed by atoms with van der Waals surface area (Å²) in [5, 5.41) is 6.46. The number of allylic oxidation sites excluding steroid dienone is 1. The number of guanidine groups is 1. The van der Waals surface area contributed by atoms with Gasteiger partial charge >= 0.3 is 18.4 Å². The van der Waals surface area contributed by atoms with Gasteiger partial charge in [0.1, 0.15) is 29.6 Å². The lowest BCUT2D eigenvalue weighted by Gasteiger charge is -2.27. The summed E-state index contributed by atoms with van der Waals surface area (Å²) in [6.45, 7) is 12.6. The van der Waals surface area contributed by atoms with Gasteiger partial charge in [0, 0.05) is 12.1 Å². The number of alkyl halides is 3. The van der Waals surface area contributed by atoms with E-state index in [1.54, 1.807) is 52.5 Å². The number of likely N-dealkylation sites (tertiary alicyclic amines) is 1. The van der Waals surface area contributed by atoms with E-state index in [0.29, 0.717) is 19.4 Å². The molecule has 1 atom stereocenters. The van der Waals surface area contributed by atoms with Crippen LogP contribution >= 0.6 is 0 Å². The van der Waals surface area contributed by atoms with Crippen LogP contribution in [0.2, 0.25) is 0 Å². The molecule has 48 heavy (non-hydrogen) atoms. The number of aliphatic imine (C=N–C) groups is 1. The molecule has 1 saturated heterocycles. The maximum absolute atomic E-state index is 14.1. The second-order valence-electron chi connectivity index (χ2n) is 13.5. The van der Waals surface area contributed by atoms with E-state index in [1.165, 1.54) is 31.4 Å². The molecule has 3 rings (SSSR count). The molecule has 0 radical (unpaired) electrons. The number of ether oxygens (including phenoxy) is 3. The molecule has 1 fully saturated rings. The lowest BCUT2D eigenvalue weighted by Crippen LogP contribution is -2.46. The van der Waals surface area contributed by atoms with Crippen molar-refractivity contribution in [3.8, 4) is 17.1 Å². The first-order valence-electron chi connectivity index (χ1n) is 16.4. The van der Waals surface area contributed by atoms with Crippen molar-refractivity contribution < 1.29 is 41.5 Å². The number of aromatic nitrogens is 2. The van der Waals surface area contributed by atoms with E-state index in [0.717, 1.165) is 25.3 Å². The van der Waals surface area contributed by atoms with E-state index in [-0.39, 0.29) is 35.6 Å². The number of hydrogen-bond donors (Lipinski definition) is 1. The van der Waals surface area contributed by atoms with Crippen LogP contribution in [0.15, 0.2) is 39.9 Å². The molecule has 1 aliphatic heterocycles. The Labute approximate surface area is 280 Å². The number of amides is 2. The van der Waals surface area contributed by atoms with E-state index in [4.69, 9.17) is 18.7 Å². The predicted octanol–water partition coefficient (Wildman–Crippen LogP) is 9.00. The van der Waals surface area contributed by atoms with Crippen molar-refractivity contribution in [1.82, 2.24) is 20.4 Å². The number of halogens is 3. The van der Waals surface area contributed by atoms with Crippen LogP contribution in [0.5, 0.6) is 5.75 Å². The predicted molar refractivity (Wildman–Crippen MR) is 174 cm³/mol. The number of carbonyl (C=O) groups excluding carboxylic acids is 2. The van der Waals surface area contributed by atoms with E-state index in [2.05, 4.69) is 27.4 Å². The topological polar surface area (TPSA) is 128 Å². The number of alkyl carbamates (subject to hydrolysis) is 1. The van der Waals surface area contributed by atoms with Gasteiger partial charge in [-0.05, 0) is 85.4 Å². The van der Waals surface area contributed by atoms with Crippen LogP contribution in [-0.2, 0) is 15.7 Å². The summed E-state index contributed by atoms with van der Waals surface area (Å²) < 4.78 is 63.8. The Bertz CT molecular complexity index is 1430. The molecular weight excluding hydrogens is 631 g/mol. The van der Waals surface area contributed by atoms with Crippen molar-refractivity contribution in [2.75, 3.05) is 13.2 Å². The minimum atomic E-state index is -4.69. The largest absolute Gasteiger partial charge is 0.489 e. The van der Waals surface area contributed by atoms with Crippen molar-refractivity contribution in [3.63, 3.8) is 0 Å². The van der Waals surface area contributed by atoms with Crippen molar-refractivity contribution in [1.29, 1.82) is 0 Å². The normalized spacial score (nSPS) is 16.0. The van der Waals surface area contributed by atoms with Gasteiger partial charge < -0.3 is 23.6 Å². The summed E-state index contributed by atoms with van der Waals surface area (Å²) in [7, 11) is 0. The smallest absolute Gasteiger partial charge is 0.437 e. The Morgan fingerprint density at radius 2 is 1.75 bits per heavy atom. The number of benzene rings is 1. The first-order chi connectivity index (χ1) is 22.5. The third kappa shape index (κ3) is 12.5. The average Bonchev–Trinajstić information content (AvgIpc) is 3.64. The summed E-state index contributed by atoms with van der Waals surface area (Å²) in [6, 6.07) is 2.95. The van der Waals surface area contributed by atoms with Crippen molar-refractivity contribution >= 4 is 18.1 Å². The molecule has 266 valence electrons. The molecule has 0 bridgehead atoms. The molecule has 1 aliphatic rings. The molecule has 2 heterocycles. The molecule has 2 amide bonds. The summed E-state index contributed by atoms with van der Waals surface area (Å²) in [6.07, 6.45) is 4.79. The fraction of sp³-hybridized carbons (Fsp3) is 0.618. The molecule has 1 unspecified atom stereocenters. The van der Waals surface area contributed by atoms with Crippen molar-refractivity contribution in [2.45, 2.75) is 123 Å².